The fourth-order valence-corrected chi connectivity index (χ4v) is 5.04. The number of benzene rings is 5. The van der Waals surface area contributed by atoms with Gasteiger partial charge in [-0.3, -0.25) is 0 Å². The van der Waals surface area contributed by atoms with Crippen LogP contribution in [0.2, 0.25) is 0 Å². The zero-order valence-electron chi connectivity index (χ0n) is 25.3. The minimum absolute atomic E-state index is 0. The maximum absolute atomic E-state index is 12.3. The Labute approximate surface area is 314 Å². The molecule has 0 aliphatic heterocycles. The number of carbonyl (C=O) groups is 1. The van der Waals surface area contributed by atoms with E-state index >= 15 is 0 Å². The van der Waals surface area contributed by atoms with E-state index in [0.717, 1.165) is 29.8 Å². The van der Waals surface area contributed by atoms with Crippen LogP contribution in [0.1, 0.15) is 5.56 Å². The molecule has 0 atom stereocenters. The summed E-state index contributed by atoms with van der Waals surface area (Å²) >= 11 is 0. The van der Waals surface area contributed by atoms with Crippen LogP contribution in [0.25, 0.3) is 10.8 Å². The van der Waals surface area contributed by atoms with Gasteiger partial charge in [0.15, 0.2) is 0 Å². The molecule has 0 saturated heterocycles. The molecule has 17 heteroatoms. The van der Waals surface area contributed by atoms with Gasteiger partial charge >= 0.3 is 65.1 Å². The van der Waals surface area contributed by atoms with Crippen LogP contribution in [0.4, 0.5) is 38.9 Å². The number of nitrogens with one attached hydrogen (secondary N) is 2. The smallest absolute Gasteiger partial charge is 0.744 e. The Morgan fingerprint density at radius 1 is 0.553 bits per heavy atom. The predicted molar refractivity (Wildman–Crippen MR) is 165 cm³/mol. The van der Waals surface area contributed by atoms with Crippen molar-refractivity contribution in [3.8, 4) is 0 Å². The first-order valence-corrected chi connectivity index (χ1v) is 15.8. The topological polar surface area (TPSA) is 205 Å². The van der Waals surface area contributed by atoms with Gasteiger partial charge in [-0.05, 0) is 91.9 Å². The number of aryl methyl sites for hydroxylation is 1. The number of rotatable bonds is 8. The fourth-order valence-electron chi connectivity index (χ4n) is 4.07. The third-order valence-corrected chi connectivity index (χ3v) is 8.02. The van der Waals surface area contributed by atoms with Crippen molar-refractivity contribution in [2.24, 2.45) is 20.5 Å². The van der Waals surface area contributed by atoms with Gasteiger partial charge < -0.3 is 19.7 Å². The van der Waals surface area contributed by atoms with Crippen LogP contribution in [0.5, 0.6) is 0 Å². The van der Waals surface area contributed by atoms with Gasteiger partial charge in [0.25, 0.3) is 0 Å². The van der Waals surface area contributed by atoms with E-state index < -0.39 is 36.1 Å². The quantitative estimate of drug-likeness (QED) is 0.139. The standard InChI is InChI=1S/C30H24N6O7S2.2Na/c1-19-2-4-20(5-3-19)31-30(37)32-21-6-8-22(9-7-21)33-35-28-16-17-29(27-18-25(45(41,42)43)14-15-26(27)28)36-34-23-10-12-24(13-11-23)44(38,39)40;;/h2-18H,1H3,(H2,31,32,37)(H,38,39,40)(H,41,42,43);;/q;2*+1/p-2. The summed E-state index contributed by atoms with van der Waals surface area (Å²) in [5.41, 5.74) is 3.45. The van der Waals surface area contributed by atoms with Crippen LogP contribution in [0, 0.1) is 6.92 Å². The van der Waals surface area contributed by atoms with Crippen molar-refractivity contribution in [1.29, 1.82) is 0 Å². The Kier molecular flexibility index (Phi) is 13.1. The molecule has 47 heavy (non-hydrogen) atoms. The molecule has 0 aromatic heterocycles. The maximum Gasteiger partial charge on any atom is 1.00 e. The number of amides is 2. The van der Waals surface area contributed by atoms with Crippen LogP contribution < -0.4 is 69.7 Å². The van der Waals surface area contributed by atoms with Gasteiger partial charge in [-0.1, -0.05) is 23.8 Å². The Balaban J connectivity index is 0.00000300. The second-order valence-electron chi connectivity index (χ2n) is 9.61. The Hall–Kier alpha value is -3.35. The number of azo groups is 2. The maximum atomic E-state index is 12.3. The molecular formula is C30H22N6Na2O7S2. The zero-order chi connectivity index (χ0) is 32.2. The Morgan fingerprint density at radius 3 is 1.47 bits per heavy atom. The van der Waals surface area contributed by atoms with Gasteiger partial charge in [0, 0.05) is 22.1 Å². The number of fused-ring (bicyclic) bond motifs is 1. The number of urea groups is 1. The van der Waals surface area contributed by atoms with Crippen molar-refractivity contribution in [2.75, 3.05) is 10.6 Å². The van der Waals surface area contributed by atoms with Crippen LogP contribution in [-0.4, -0.2) is 32.0 Å². The molecule has 5 aromatic rings. The number of nitrogens with zero attached hydrogens (tertiary/aromatic N) is 4. The molecule has 0 aliphatic carbocycles. The number of hydrogen-bond donors (Lipinski definition) is 2. The first kappa shape index (κ1) is 38.1. The van der Waals surface area contributed by atoms with Crippen LogP contribution >= 0.6 is 0 Å². The molecule has 13 nitrogen and oxygen atoms in total. The number of anilines is 2. The molecule has 228 valence electrons. The molecule has 5 aromatic carbocycles. The van der Waals surface area contributed by atoms with Crippen molar-refractivity contribution in [3.05, 3.63) is 109 Å². The second kappa shape index (κ2) is 16.2. The summed E-state index contributed by atoms with van der Waals surface area (Å²) in [6.07, 6.45) is 0. The minimum Gasteiger partial charge on any atom is -0.744 e. The Morgan fingerprint density at radius 2 is 0.979 bits per heavy atom. The average molecular weight is 689 g/mol. The van der Waals surface area contributed by atoms with Crippen LogP contribution in [-0.2, 0) is 20.2 Å². The molecule has 0 aliphatic rings. The first-order chi connectivity index (χ1) is 21.3. The van der Waals surface area contributed by atoms with Crippen molar-refractivity contribution < 1.29 is 89.9 Å². The molecule has 5 rings (SSSR count). The van der Waals surface area contributed by atoms with Gasteiger partial charge in [0.2, 0.25) is 0 Å². The summed E-state index contributed by atoms with van der Waals surface area (Å²) in [6.45, 7) is 1.95. The zero-order valence-corrected chi connectivity index (χ0v) is 30.9. The Bertz CT molecular complexity index is 2180. The van der Waals surface area contributed by atoms with Gasteiger partial charge in [-0.15, -0.1) is 10.2 Å². The third-order valence-electron chi connectivity index (χ3n) is 6.34. The molecule has 0 bridgehead atoms. The van der Waals surface area contributed by atoms with E-state index in [9.17, 15) is 30.7 Å². The molecule has 0 fully saturated rings. The largest absolute Gasteiger partial charge is 1.00 e. The monoisotopic (exact) mass is 688 g/mol. The van der Waals surface area contributed by atoms with E-state index in [2.05, 4.69) is 31.1 Å². The van der Waals surface area contributed by atoms with Crippen molar-refractivity contribution in [3.63, 3.8) is 0 Å². The van der Waals surface area contributed by atoms with E-state index in [4.69, 9.17) is 0 Å². The molecule has 0 spiro atoms. The predicted octanol–water partition coefficient (Wildman–Crippen LogP) is 1.44. The van der Waals surface area contributed by atoms with E-state index in [1.54, 1.807) is 42.5 Å². The van der Waals surface area contributed by atoms with Crippen molar-refractivity contribution in [2.45, 2.75) is 16.7 Å². The van der Waals surface area contributed by atoms with Crippen molar-refractivity contribution in [1.82, 2.24) is 0 Å². The summed E-state index contributed by atoms with van der Waals surface area (Å²) in [6, 6.07) is 25.0. The summed E-state index contributed by atoms with van der Waals surface area (Å²) in [5.74, 6) is 0. The van der Waals surface area contributed by atoms with E-state index in [-0.39, 0.29) is 75.9 Å². The van der Waals surface area contributed by atoms with Crippen LogP contribution in [0.15, 0.2) is 133 Å². The third kappa shape index (κ3) is 10.3. The fraction of sp³-hybridized carbons (Fsp3) is 0.0333. The van der Waals surface area contributed by atoms with E-state index in [1.165, 1.54) is 24.3 Å². The minimum atomic E-state index is -4.79. The molecule has 0 unspecified atom stereocenters. The van der Waals surface area contributed by atoms with E-state index in [1.807, 2.05) is 19.1 Å². The normalized spacial score (nSPS) is 11.6. The number of hydrogen-bond acceptors (Lipinski definition) is 11. The average Bonchev–Trinajstić information content (AvgIpc) is 3.00. The summed E-state index contributed by atoms with van der Waals surface area (Å²) < 4.78 is 68.6. The number of carbonyl (C=O) groups excluding carboxylic acids is 1. The van der Waals surface area contributed by atoms with Crippen molar-refractivity contribution >= 4 is 71.2 Å². The second-order valence-corrected chi connectivity index (χ2v) is 12.4. The molecular weight excluding hydrogens is 666 g/mol. The van der Waals surface area contributed by atoms with Gasteiger partial charge in [-0.2, -0.15) is 10.2 Å². The first-order valence-electron chi connectivity index (χ1n) is 13.0. The van der Waals surface area contributed by atoms with E-state index in [0.29, 0.717) is 28.1 Å². The van der Waals surface area contributed by atoms with Gasteiger partial charge in [0.05, 0.1) is 32.5 Å². The SMILES string of the molecule is Cc1ccc(NC(=O)Nc2ccc(N=Nc3ccc(N=Nc4ccc(S(=O)(=O)[O-])cc4)c4cc(S(=O)(=O)[O-])ccc34)cc2)cc1.[Na+].[Na+]. The summed E-state index contributed by atoms with van der Waals surface area (Å²) in [4.78, 5) is 11.4. The molecule has 0 radical (unpaired) electrons. The van der Waals surface area contributed by atoms with Crippen LogP contribution in [0.3, 0.4) is 0 Å². The molecule has 2 N–H and O–H groups in total. The van der Waals surface area contributed by atoms with Gasteiger partial charge in [0.1, 0.15) is 20.2 Å². The molecule has 2 amide bonds. The molecule has 0 heterocycles. The molecule has 0 saturated carbocycles. The van der Waals surface area contributed by atoms with Gasteiger partial charge in [-0.25, -0.2) is 21.6 Å². The summed E-state index contributed by atoms with van der Waals surface area (Å²) in [5, 5.41) is 22.8. The summed E-state index contributed by atoms with van der Waals surface area (Å²) in [7, 11) is -9.43.